The molecule has 0 aliphatic heterocycles. The van der Waals surface area contributed by atoms with Gasteiger partial charge in [0.2, 0.25) is 0 Å². The normalized spacial score (nSPS) is 10.0. The molecule has 15 heavy (non-hydrogen) atoms. The van der Waals surface area contributed by atoms with Crippen LogP contribution in [0.4, 0.5) is 0 Å². The van der Waals surface area contributed by atoms with E-state index in [-0.39, 0.29) is 23.9 Å². The van der Waals surface area contributed by atoms with Crippen LogP contribution in [-0.2, 0) is 0 Å². The molecule has 0 aliphatic carbocycles. The van der Waals surface area contributed by atoms with Crippen LogP contribution in [0.1, 0.15) is 64.2 Å². The number of aliphatic hydroxyl groups is 2. The van der Waals surface area contributed by atoms with E-state index in [1.807, 2.05) is 0 Å². The minimum absolute atomic E-state index is 0. The third-order valence-corrected chi connectivity index (χ3v) is 2.57. The predicted molar refractivity (Wildman–Crippen MR) is 66.1 cm³/mol. The minimum Gasteiger partial charge on any atom is -0.396 e. The van der Waals surface area contributed by atoms with Crippen LogP contribution in [0, 0.1) is 0 Å². The molecule has 0 aliphatic rings. The Morgan fingerprint density at radius 2 is 0.600 bits per heavy atom. The largest absolute Gasteiger partial charge is 0.396 e. The summed E-state index contributed by atoms with van der Waals surface area (Å²) in [6.45, 7) is 0.697. The predicted octanol–water partition coefficient (Wildman–Crippen LogP) is 2.49. The Balaban J connectivity index is 0. The smallest absolute Gasteiger partial charge is 0.0431 e. The molecular formula is C12H26O2Sn. The van der Waals surface area contributed by atoms with Crippen LogP contribution in [-0.4, -0.2) is 47.3 Å². The number of hydrogen-bond donors (Lipinski definition) is 2. The summed E-state index contributed by atoms with van der Waals surface area (Å²) in [6.07, 6.45) is 12.2. The third kappa shape index (κ3) is 17.3. The van der Waals surface area contributed by atoms with Crippen LogP contribution in [0.3, 0.4) is 0 Å². The summed E-state index contributed by atoms with van der Waals surface area (Å²) in [4.78, 5) is 0. The first-order chi connectivity index (χ1) is 6.91. The van der Waals surface area contributed by atoms with Gasteiger partial charge in [-0.05, 0) is 12.8 Å². The molecule has 0 fully saturated rings. The van der Waals surface area contributed by atoms with Crippen LogP contribution in [0.15, 0.2) is 0 Å². The van der Waals surface area contributed by atoms with Gasteiger partial charge < -0.3 is 10.2 Å². The van der Waals surface area contributed by atoms with E-state index in [1.54, 1.807) is 0 Å². The summed E-state index contributed by atoms with van der Waals surface area (Å²) < 4.78 is 0. The molecule has 0 aromatic heterocycles. The Hall–Kier alpha value is 0.719. The molecule has 90 valence electrons. The van der Waals surface area contributed by atoms with Gasteiger partial charge in [-0.3, -0.25) is 0 Å². The quantitative estimate of drug-likeness (QED) is 0.453. The standard InChI is InChI=1S/C12H26O2.Sn/c13-11-9-7-5-3-1-2-4-6-8-10-12-14;/h13-14H,1-12H2;. The van der Waals surface area contributed by atoms with Gasteiger partial charge in [-0.1, -0.05) is 51.4 Å². The van der Waals surface area contributed by atoms with Crippen molar-refractivity contribution in [2.24, 2.45) is 0 Å². The molecule has 3 heteroatoms. The van der Waals surface area contributed by atoms with Crippen molar-refractivity contribution in [2.45, 2.75) is 64.2 Å². The maximum absolute atomic E-state index is 8.57. The van der Waals surface area contributed by atoms with Crippen LogP contribution >= 0.6 is 0 Å². The van der Waals surface area contributed by atoms with Crippen molar-refractivity contribution in [1.29, 1.82) is 0 Å². The van der Waals surface area contributed by atoms with Crippen LogP contribution in [0.25, 0.3) is 0 Å². The van der Waals surface area contributed by atoms with Crippen molar-refractivity contribution < 1.29 is 10.2 Å². The first-order valence-corrected chi connectivity index (χ1v) is 6.13. The second kappa shape index (κ2) is 17.1. The topological polar surface area (TPSA) is 40.5 Å². The van der Waals surface area contributed by atoms with Gasteiger partial charge in [0.1, 0.15) is 0 Å². The van der Waals surface area contributed by atoms with Crippen LogP contribution in [0.5, 0.6) is 0 Å². The van der Waals surface area contributed by atoms with Gasteiger partial charge in [-0.25, -0.2) is 0 Å². The van der Waals surface area contributed by atoms with Crippen molar-refractivity contribution in [1.82, 2.24) is 0 Å². The van der Waals surface area contributed by atoms with Crippen molar-refractivity contribution in [3.05, 3.63) is 0 Å². The van der Waals surface area contributed by atoms with E-state index >= 15 is 0 Å². The summed E-state index contributed by atoms with van der Waals surface area (Å²) in [5, 5.41) is 17.1. The monoisotopic (exact) mass is 322 g/mol. The van der Waals surface area contributed by atoms with E-state index in [9.17, 15) is 0 Å². The Morgan fingerprint density at radius 3 is 0.800 bits per heavy atom. The molecule has 0 spiro atoms. The average molecular weight is 321 g/mol. The van der Waals surface area contributed by atoms with Gasteiger partial charge in [0.05, 0.1) is 0 Å². The molecule has 0 amide bonds. The summed E-state index contributed by atoms with van der Waals surface area (Å²) in [6, 6.07) is 0. The molecule has 0 bridgehead atoms. The molecule has 0 atom stereocenters. The van der Waals surface area contributed by atoms with Crippen LogP contribution in [0.2, 0.25) is 0 Å². The molecule has 0 unspecified atom stereocenters. The van der Waals surface area contributed by atoms with Gasteiger partial charge in [0.25, 0.3) is 0 Å². The number of rotatable bonds is 11. The second-order valence-corrected chi connectivity index (χ2v) is 3.98. The van der Waals surface area contributed by atoms with Crippen molar-refractivity contribution in [3.8, 4) is 0 Å². The van der Waals surface area contributed by atoms with E-state index in [1.165, 1.54) is 51.4 Å². The van der Waals surface area contributed by atoms with Gasteiger partial charge in [-0.15, -0.1) is 0 Å². The third-order valence-electron chi connectivity index (χ3n) is 2.57. The summed E-state index contributed by atoms with van der Waals surface area (Å²) >= 11 is 0. The maximum Gasteiger partial charge on any atom is 0.0431 e. The fourth-order valence-electron chi connectivity index (χ4n) is 1.64. The molecule has 0 aromatic carbocycles. The molecule has 2 nitrogen and oxygen atoms in total. The Morgan fingerprint density at radius 1 is 0.400 bits per heavy atom. The Kier molecular flexibility index (Phi) is 20.7. The van der Waals surface area contributed by atoms with Crippen molar-refractivity contribution in [3.63, 3.8) is 0 Å². The number of hydrogen-bond acceptors (Lipinski definition) is 2. The van der Waals surface area contributed by atoms with Crippen molar-refractivity contribution >= 4 is 23.9 Å². The number of aliphatic hydroxyl groups excluding tert-OH is 2. The zero-order valence-corrected chi connectivity index (χ0v) is 12.7. The second-order valence-electron chi connectivity index (χ2n) is 3.98. The van der Waals surface area contributed by atoms with E-state index in [2.05, 4.69) is 0 Å². The first kappa shape index (κ1) is 18.1. The van der Waals surface area contributed by atoms with E-state index < -0.39 is 0 Å². The van der Waals surface area contributed by atoms with Gasteiger partial charge in [0, 0.05) is 37.1 Å². The average Bonchev–Trinajstić information content (AvgIpc) is 2.21. The molecule has 0 saturated carbocycles. The van der Waals surface area contributed by atoms with E-state index in [4.69, 9.17) is 10.2 Å². The maximum atomic E-state index is 8.57. The SMILES string of the molecule is OCCCCCCCCCCCCO.[Sn]. The summed E-state index contributed by atoms with van der Waals surface area (Å²) in [5.74, 6) is 0. The van der Waals surface area contributed by atoms with Crippen LogP contribution < -0.4 is 0 Å². The van der Waals surface area contributed by atoms with Gasteiger partial charge in [-0.2, -0.15) is 0 Å². The fourth-order valence-corrected chi connectivity index (χ4v) is 1.64. The number of unbranched alkanes of at least 4 members (excludes halogenated alkanes) is 9. The molecule has 0 saturated heterocycles. The zero-order chi connectivity index (χ0) is 10.5. The zero-order valence-electron chi connectivity index (χ0n) is 9.88. The molecule has 0 heterocycles. The summed E-state index contributed by atoms with van der Waals surface area (Å²) in [5.41, 5.74) is 0. The molecule has 2 N–H and O–H groups in total. The fraction of sp³-hybridized carbons (Fsp3) is 1.00. The van der Waals surface area contributed by atoms with Gasteiger partial charge >= 0.3 is 0 Å². The molecule has 4 radical (unpaired) electrons. The summed E-state index contributed by atoms with van der Waals surface area (Å²) in [7, 11) is 0. The Labute approximate surface area is 111 Å². The molecule has 0 rings (SSSR count). The van der Waals surface area contributed by atoms with E-state index in [0.29, 0.717) is 13.2 Å². The van der Waals surface area contributed by atoms with Gasteiger partial charge in [0.15, 0.2) is 0 Å². The molecular weight excluding hydrogens is 295 g/mol. The van der Waals surface area contributed by atoms with E-state index in [0.717, 1.165) is 12.8 Å². The van der Waals surface area contributed by atoms with Crippen molar-refractivity contribution in [2.75, 3.05) is 13.2 Å². The minimum atomic E-state index is 0. The Bertz CT molecular complexity index is 87.6. The first-order valence-electron chi connectivity index (χ1n) is 6.13. The molecule has 0 aromatic rings.